The molecule has 0 aromatic heterocycles. The van der Waals surface area contributed by atoms with Gasteiger partial charge in [0.05, 0.1) is 5.56 Å². The molecule has 1 atom stereocenters. The van der Waals surface area contributed by atoms with Gasteiger partial charge in [0.2, 0.25) is 5.91 Å². The molecule has 2 aromatic rings. The molecule has 1 amide bonds. The highest BCUT2D eigenvalue weighted by Gasteiger charge is 2.35. The third-order valence-corrected chi connectivity index (χ3v) is 4.95. The Hall–Kier alpha value is -2.34. The van der Waals surface area contributed by atoms with Crippen LogP contribution in [0.1, 0.15) is 35.6 Å². The number of carbonyl (C=O) groups is 1. The van der Waals surface area contributed by atoms with E-state index < -0.39 is 17.8 Å². The maximum Gasteiger partial charge on any atom is 0.416 e. The van der Waals surface area contributed by atoms with Gasteiger partial charge in [-0.25, -0.2) is 0 Å². The number of rotatable bonds is 5. The lowest BCUT2D eigenvalue weighted by molar-refractivity contribution is -0.138. The standard InChI is InChI=1S/C21H23F3N2O/c1-25(15-17-11-5-6-12-18(17)21(22,23)24)19(16-9-3-2-4-10-16)20(27)26-13-7-8-14-26/h2-6,9-12,19H,7-8,13-15H2,1H3. The van der Waals surface area contributed by atoms with Crippen molar-refractivity contribution in [3.8, 4) is 0 Å². The monoisotopic (exact) mass is 376 g/mol. The van der Waals surface area contributed by atoms with E-state index in [-0.39, 0.29) is 18.0 Å². The van der Waals surface area contributed by atoms with E-state index in [0.29, 0.717) is 13.1 Å². The summed E-state index contributed by atoms with van der Waals surface area (Å²) in [5.74, 6) is -0.0503. The molecule has 0 aliphatic carbocycles. The van der Waals surface area contributed by atoms with E-state index in [1.165, 1.54) is 12.1 Å². The van der Waals surface area contributed by atoms with E-state index in [0.717, 1.165) is 24.5 Å². The number of benzene rings is 2. The Balaban J connectivity index is 1.90. The van der Waals surface area contributed by atoms with Gasteiger partial charge in [-0.05, 0) is 37.1 Å². The number of nitrogens with zero attached hydrogens (tertiary/aromatic N) is 2. The van der Waals surface area contributed by atoms with E-state index in [2.05, 4.69) is 0 Å². The summed E-state index contributed by atoms with van der Waals surface area (Å²) in [6.07, 6.45) is -2.49. The minimum absolute atomic E-state index is 0.0365. The number of amides is 1. The number of carbonyl (C=O) groups excluding carboxylic acids is 1. The quantitative estimate of drug-likeness (QED) is 0.767. The Labute approximate surface area is 157 Å². The molecule has 27 heavy (non-hydrogen) atoms. The Morgan fingerprint density at radius 2 is 1.63 bits per heavy atom. The molecule has 144 valence electrons. The van der Waals surface area contributed by atoms with Crippen molar-refractivity contribution >= 4 is 5.91 Å². The van der Waals surface area contributed by atoms with Gasteiger partial charge in [-0.3, -0.25) is 9.69 Å². The predicted octanol–water partition coefficient (Wildman–Crippen LogP) is 4.50. The molecule has 3 rings (SSSR count). The van der Waals surface area contributed by atoms with Crippen LogP contribution in [-0.4, -0.2) is 35.8 Å². The summed E-state index contributed by atoms with van der Waals surface area (Å²) in [7, 11) is 1.71. The zero-order valence-corrected chi connectivity index (χ0v) is 15.2. The van der Waals surface area contributed by atoms with Gasteiger partial charge in [0, 0.05) is 19.6 Å². The smallest absolute Gasteiger partial charge is 0.341 e. The molecule has 0 N–H and O–H groups in total. The molecule has 6 heteroatoms. The van der Waals surface area contributed by atoms with E-state index in [1.54, 1.807) is 18.0 Å². The lowest BCUT2D eigenvalue weighted by atomic mass is 10.0. The highest BCUT2D eigenvalue weighted by Crippen LogP contribution is 2.33. The van der Waals surface area contributed by atoms with Crippen molar-refractivity contribution in [2.75, 3.05) is 20.1 Å². The molecule has 2 aromatic carbocycles. The first-order valence-corrected chi connectivity index (χ1v) is 9.07. The first kappa shape index (κ1) is 19.4. The fourth-order valence-corrected chi connectivity index (χ4v) is 3.63. The van der Waals surface area contributed by atoms with E-state index >= 15 is 0 Å². The number of hydrogen-bond donors (Lipinski definition) is 0. The van der Waals surface area contributed by atoms with Crippen LogP contribution in [0.25, 0.3) is 0 Å². The fourth-order valence-electron chi connectivity index (χ4n) is 3.63. The number of likely N-dealkylation sites (tertiary alicyclic amines) is 1. The summed E-state index contributed by atoms with van der Waals surface area (Å²) >= 11 is 0. The highest BCUT2D eigenvalue weighted by atomic mass is 19.4. The molecule has 1 aliphatic rings. The molecule has 3 nitrogen and oxygen atoms in total. The van der Waals surface area contributed by atoms with Crippen LogP contribution >= 0.6 is 0 Å². The summed E-state index contributed by atoms with van der Waals surface area (Å²) in [5.41, 5.74) is 0.307. The lowest BCUT2D eigenvalue weighted by Crippen LogP contribution is -2.40. The molecule has 1 saturated heterocycles. The second-order valence-corrected chi connectivity index (χ2v) is 6.92. The molecular formula is C21H23F3N2O. The van der Waals surface area contributed by atoms with Crippen LogP contribution in [0, 0.1) is 0 Å². The van der Waals surface area contributed by atoms with E-state index in [1.807, 2.05) is 35.2 Å². The molecular weight excluding hydrogens is 353 g/mol. The Bertz CT molecular complexity index is 770. The SMILES string of the molecule is CN(Cc1ccccc1C(F)(F)F)C(C(=O)N1CCCC1)c1ccccc1. The fraction of sp³-hybridized carbons (Fsp3) is 0.381. The van der Waals surface area contributed by atoms with Crippen LogP contribution in [0.2, 0.25) is 0 Å². The molecule has 0 saturated carbocycles. The van der Waals surface area contributed by atoms with Gasteiger partial charge in [-0.1, -0.05) is 48.5 Å². The van der Waals surface area contributed by atoms with Crippen molar-refractivity contribution < 1.29 is 18.0 Å². The summed E-state index contributed by atoms with van der Waals surface area (Å²) in [6.45, 7) is 1.44. The van der Waals surface area contributed by atoms with Crippen molar-refractivity contribution in [3.05, 3.63) is 71.3 Å². The van der Waals surface area contributed by atoms with Crippen molar-refractivity contribution in [3.63, 3.8) is 0 Å². The highest BCUT2D eigenvalue weighted by molar-refractivity contribution is 5.83. The predicted molar refractivity (Wildman–Crippen MR) is 97.9 cm³/mol. The maximum absolute atomic E-state index is 13.3. The molecule has 1 unspecified atom stereocenters. The Morgan fingerprint density at radius 3 is 2.26 bits per heavy atom. The average Bonchev–Trinajstić information content (AvgIpc) is 3.17. The number of alkyl halides is 3. The van der Waals surface area contributed by atoms with Crippen LogP contribution in [0.15, 0.2) is 54.6 Å². The topological polar surface area (TPSA) is 23.6 Å². The molecule has 0 spiro atoms. The zero-order chi connectivity index (χ0) is 19.4. The minimum atomic E-state index is -4.42. The number of likely N-dealkylation sites (N-methyl/N-ethyl adjacent to an activating group) is 1. The maximum atomic E-state index is 13.3. The van der Waals surface area contributed by atoms with Crippen LogP contribution in [-0.2, 0) is 17.5 Å². The molecule has 1 aliphatic heterocycles. The third kappa shape index (κ3) is 4.50. The van der Waals surface area contributed by atoms with Crippen LogP contribution in [0.4, 0.5) is 13.2 Å². The minimum Gasteiger partial charge on any atom is -0.341 e. The van der Waals surface area contributed by atoms with Crippen LogP contribution in [0.5, 0.6) is 0 Å². The normalized spacial score (nSPS) is 16.0. The summed E-state index contributed by atoms with van der Waals surface area (Å²) in [6, 6.07) is 14.2. The van der Waals surface area contributed by atoms with Gasteiger partial charge in [-0.15, -0.1) is 0 Å². The van der Waals surface area contributed by atoms with Crippen molar-refractivity contribution in [2.45, 2.75) is 31.6 Å². The van der Waals surface area contributed by atoms with Crippen molar-refractivity contribution in [2.24, 2.45) is 0 Å². The number of hydrogen-bond acceptors (Lipinski definition) is 2. The van der Waals surface area contributed by atoms with Crippen LogP contribution in [0.3, 0.4) is 0 Å². The van der Waals surface area contributed by atoms with Gasteiger partial charge < -0.3 is 4.90 Å². The van der Waals surface area contributed by atoms with Gasteiger partial charge >= 0.3 is 6.18 Å². The van der Waals surface area contributed by atoms with E-state index in [4.69, 9.17) is 0 Å². The average molecular weight is 376 g/mol. The van der Waals surface area contributed by atoms with Crippen molar-refractivity contribution in [1.82, 2.24) is 9.80 Å². The third-order valence-electron chi connectivity index (χ3n) is 4.95. The largest absolute Gasteiger partial charge is 0.416 e. The summed E-state index contributed by atoms with van der Waals surface area (Å²) in [4.78, 5) is 16.6. The molecule has 0 radical (unpaired) electrons. The van der Waals surface area contributed by atoms with Gasteiger partial charge in [0.1, 0.15) is 6.04 Å². The zero-order valence-electron chi connectivity index (χ0n) is 15.2. The van der Waals surface area contributed by atoms with Gasteiger partial charge in [0.25, 0.3) is 0 Å². The van der Waals surface area contributed by atoms with Gasteiger partial charge in [0.15, 0.2) is 0 Å². The second kappa shape index (κ2) is 8.13. The summed E-state index contributed by atoms with van der Waals surface area (Å²) in [5, 5.41) is 0. The number of halogens is 3. The van der Waals surface area contributed by atoms with Gasteiger partial charge in [-0.2, -0.15) is 13.2 Å². The van der Waals surface area contributed by atoms with Crippen LogP contribution < -0.4 is 0 Å². The first-order valence-electron chi connectivity index (χ1n) is 9.07. The van der Waals surface area contributed by atoms with Crippen molar-refractivity contribution in [1.29, 1.82) is 0 Å². The Kier molecular flexibility index (Phi) is 5.85. The van der Waals surface area contributed by atoms with E-state index in [9.17, 15) is 18.0 Å². The lowest BCUT2D eigenvalue weighted by Gasteiger charge is -2.31. The summed E-state index contributed by atoms with van der Waals surface area (Å²) < 4.78 is 40.0. The Morgan fingerprint density at radius 1 is 1.04 bits per heavy atom. The first-order chi connectivity index (χ1) is 12.9. The molecule has 1 heterocycles. The molecule has 0 bridgehead atoms. The second-order valence-electron chi connectivity index (χ2n) is 6.92. The molecule has 1 fully saturated rings.